The Morgan fingerprint density at radius 1 is 0.889 bits per heavy atom. The van der Waals surface area contributed by atoms with Crippen molar-refractivity contribution in [1.82, 2.24) is 0 Å². The Morgan fingerprint density at radius 2 is 0.889 bits per heavy atom. The van der Waals surface area contributed by atoms with Gasteiger partial charge in [-0.25, -0.2) is 0 Å². The van der Waals surface area contributed by atoms with Gasteiger partial charge in [0.05, 0.1) is 0 Å². The van der Waals surface area contributed by atoms with Gasteiger partial charge in [-0.2, -0.15) is 0 Å². The van der Waals surface area contributed by atoms with Crippen molar-refractivity contribution in [3.63, 3.8) is 0 Å². The van der Waals surface area contributed by atoms with E-state index in [0.29, 0.717) is 0 Å². The van der Waals surface area contributed by atoms with Gasteiger partial charge in [0, 0.05) is 0 Å². The molecule has 0 amide bonds. The summed E-state index contributed by atoms with van der Waals surface area (Å²) >= 11 is 0. The predicted octanol–water partition coefficient (Wildman–Crippen LogP) is -6.45. The van der Waals surface area contributed by atoms with Crippen LogP contribution in [0.15, 0.2) is 0 Å². The molecule has 0 rings (SSSR count). The van der Waals surface area contributed by atoms with E-state index in [1.54, 1.807) is 0 Å². The first kappa shape index (κ1) is 29.8. The van der Waals surface area contributed by atoms with Gasteiger partial charge in [0.25, 0.3) is 0 Å². The molecule has 0 saturated carbocycles. The second kappa shape index (κ2) is 13.3. The minimum atomic E-state index is -4.61. The molecule has 0 fully saturated rings. The summed E-state index contributed by atoms with van der Waals surface area (Å²) in [6.07, 6.45) is 0. The second-order valence-corrected chi connectivity index (χ2v) is 1.80. The van der Waals surface area contributed by atoms with Gasteiger partial charge >= 0.3 is 74.1 Å². The predicted molar refractivity (Wildman–Crippen MR) is 45.3 cm³/mol. The van der Waals surface area contributed by atoms with Gasteiger partial charge in [-0.3, -0.25) is 0 Å². The Balaban J connectivity index is -0.0000000133. The van der Waals surface area contributed by atoms with Crippen molar-refractivity contribution >= 4 is 91.4 Å². The monoisotopic (exact) mass is 396 g/mol. The maximum absolute atomic E-state index is 7.33. The molecule has 0 unspecified atom stereocenters. The molecule has 9 heteroatoms. The molecular weight excluding hydrogens is 382 g/mol. The van der Waals surface area contributed by atoms with E-state index in [0.717, 1.165) is 0 Å². The van der Waals surface area contributed by atoms with Crippen LogP contribution >= 0.6 is 0 Å². The molecule has 0 spiro atoms. The van der Waals surface area contributed by atoms with E-state index in [4.69, 9.17) is 19.2 Å². The third kappa shape index (κ3) is 110. The summed E-state index contributed by atoms with van der Waals surface area (Å²) in [5, 5.41) is 0. The normalized spacial score (nSPS) is 6.67. The molecule has 6 N–H and O–H groups in total. The van der Waals surface area contributed by atoms with Gasteiger partial charge in [0.2, 0.25) is 0 Å². The molecule has 0 aromatic rings. The third-order valence-corrected chi connectivity index (χ3v) is 0. The van der Waals surface area contributed by atoms with Crippen LogP contribution in [0.4, 0.5) is 0 Å². The van der Waals surface area contributed by atoms with Crippen molar-refractivity contribution in [2.24, 2.45) is 0 Å². The van der Waals surface area contributed by atoms with Crippen LogP contribution in [0.1, 0.15) is 0 Å². The van der Waals surface area contributed by atoms with E-state index in [1.807, 2.05) is 0 Å². The van der Waals surface area contributed by atoms with Gasteiger partial charge in [-0.05, 0) is 0 Å². The molecule has 0 atom stereocenters. The van der Waals surface area contributed by atoms with Crippen molar-refractivity contribution in [2.75, 3.05) is 0 Å². The van der Waals surface area contributed by atoms with Crippen molar-refractivity contribution in [3.05, 3.63) is 0 Å². The van der Waals surface area contributed by atoms with Crippen LogP contribution < -0.4 is 0 Å². The van der Waals surface area contributed by atoms with E-state index in [1.165, 1.54) is 0 Å². The first-order valence-electron chi connectivity index (χ1n) is 0.894. The van der Waals surface area contributed by atoms with E-state index in [-0.39, 0.29) is 87.9 Å². The number of rotatable bonds is 0. The Hall–Kier alpha value is 2.73. The summed E-state index contributed by atoms with van der Waals surface area (Å²) < 4.78 is 0. The van der Waals surface area contributed by atoms with E-state index in [2.05, 4.69) is 0 Å². The van der Waals surface area contributed by atoms with Gasteiger partial charge < -0.3 is 24.7 Å². The SMILES string of the molecule is O.O[Si](O)(O)O.[AlH3].[CaH2].[PbH2]. The molecule has 0 saturated heterocycles. The van der Waals surface area contributed by atoms with E-state index in [9.17, 15) is 0 Å². The van der Waals surface area contributed by atoms with Crippen molar-refractivity contribution < 1.29 is 24.7 Å². The molecule has 56 valence electrons. The third-order valence-electron chi connectivity index (χ3n) is 0. The fraction of sp³-hybridized carbons (Fsp3) is 0. The summed E-state index contributed by atoms with van der Waals surface area (Å²) in [4.78, 5) is 29.3. The quantitative estimate of drug-likeness (QED) is 0.306. The van der Waals surface area contributed by atoms with Gasteiger partial charge in [0.15, 0.2) is 17.4 Å². The zero-order valence-electron chi connectivity index (χ0n) is 3.50. The molecule has 0 aliphatic heterocycles. The second-order valence-electron chi connectivity index (χ2n) is 0.600. The Bertz CT molecular complexity index is 32.4. The number of hydrogen-bond donors (Lipinski definition) is 4. The summed E-state index contributed by atoms with van der Waals surface area (Å²) in [7, 11) is -4.61. The van der Waals surface area contributed by atoms with E-state index < -0.39 is 9.05 Å². The first-order valence-corrected chi connectivity index (χ1v) is 2.68. The molecule has 0 aromatic carbocycles. The van der Waals surface area contributed by atoms with Gasteiger partial charge in [0.1, 0.15) is 0 Å². The Kier molecular flexibility index (Phi) is 44.2. The topological polar surface area (TPSA) is 112 Å². The van der Waals surface area contributed by atoms with Crippen molar-refractivity contribution in [2.45, 2.75) is 0 Å². The summed E-state index contributed by atoms with van der Waals surface area (Å²) in [5.41, 5.74) is 0. The molecule has 0 heterocycles. The van der Waals surface area contributed by atoms with Crippen LogP contribution in [0.3, 0.4) is 0 Å². The summed E-state index contributed by atoms with van der Waals surface area (Å²) in [6, 6.07) is 0. The molecule has 0 aliphatic carbocycles. The van der Waals surface area contributed by atoms with Crippen LogP contribution in [0.25, 0.3) is 0 Å². The average molecular weight is 395 g/mol. The Morgan fingerprint density at radius 3 is 0.889 bits per heavy atom. The standard InChI is InChI=1S/Al.Ca.H4O4Si.H2O.Pb.7H/c;;1-5(2,3)4;;;;;;;;;/h;;1-4H;1H2;;;;;;;;. The van der Waals surface area contributed by atoms with Crippen molar-refractivity contribution in [3.8, 4) is 0 Å². The zero-order valence-corrected chi connectivity index (χ0v) is 9.99. The van der Waals surface area contributed by atoms with Gasteiger partial charge in [-0.1, -0.05) is 0 Å². The van der Waals surface area contributed by atoms with Crippen LogP contribution in [0, 0.1) is 0 Å². The fourth-order valence-electron chi connectivity index (χ4n) is 0. The fourth-order valence-corrected chi connectivity index (χ4v) is 0. The first-order chi connectivity index (χ1) is 2.00. The molecule has 0 bridgehead atoms. The molecule has 2 radical (unpaired) electrons. The summed E-state index contributed by atoms with van der Waals surface area (Å²) in [6.45, 7) is 0. The maximum atomic E-state index is 7.33. The van der Waals surface area contributed by atoms with Crippen LogP contribution in [-0.2, 0) is 0 Å². The average Bonchev–Trinajstić information content (AvgIpc) is 0.722. The van der Waals surface area contributed by atoms with Crippen LogP contribution in [-0.4, -0.2) is 116 Å². The van der Waals surface area contributed by atoms with Gasteiger partial charge in [-0.15, -0.1) is 0 Å². The Labute approximate surface area is 114 Å². The molecule has 0 aromatic heterocycles. The summed E-state index contributed by atoms with van der Waals surface area (Å²) in [5.74, 6) is 0. The number of hydrogen-bond acceptors (Lipinski definition) is 4. The van der Waals surface area contributed by atoms with Crippen LogP contribution in [0.5, 0.6) is 0 Å². The molecule has 0 aliphatic rings. The minimum absolute atomic E-state index is 0. The zero-order chi connectivity index (χ0) is 4.50. The van der Waals surface area contributed by atoms with Crippen molar-refractivity contribution in [1.29, 1.82) is 0 Å². The molecular formula is H13AlCaO5PbSi. The van der Waals surface area contributed by atoms with Crippen LogP contribution in [0.2, 0.25) is 0 Å². The molecule has 9 heavy (non-hydrogen) atoms. The molecule has 5 nitrogen and oxygen atoms in total. The van der Waals surface area contributed by atoms with E-state index >= 15 is 0 Å².